The Balaban J connectivity index is 1.99. The number of carboxylic acids is 1. The fourth-order valence-corrected chi connectivity index (χ4v) is 2.71. The molecule has 2 rings (SSSR count). The number of aliphatic carboxylic acids is 1. The summed E-state index contributed by atoms with van der Waals surface area (Å²) in [6.07, 6.45) is 3.27. The summed E-state index contributed by atoms with van der Waals surface area (Å²) in [4.78, 5) is 11.0. The molecule has 0 saturated heterocycles. The molecule has 1 aromatic rings. The number of carboxylic acid groups (broad SMARTS) is 1. The highest BCUT2D eigenvalue weighted by atomic mass is 16.5. The molecule has 0 aliphatic heterocycles. The zero-order valence-corrected chi connectivity index (χ0v) is 13.1. The van der Waals surface area contributed by atoms with Gasteiger partial charge < -0.3 is 15.2 Å². The summed E-state index contributed by atoms with van der Waals surface area (Å²) >= 11 is 0. The molecule has 2 N–H and O–H groups in total. The second-order valence-corrected chi connectivity index (χ2v) is 6.74. The smallest absolute Gasteiger partial charge is 0.306 e. The number of hydrogen-bond donors (Lipinski definition) is 2. The minimum absolute atomic E-state index is 0.177. The standard InChI is InChI=1S/C17H25NO3/c1-17(2,3)21-15-7-5-4-6-14(15)18-13-10-8-12(9-11-13)16(19)20/h4-7,12-13,18H,8-11H2,1-3H3,(H,19,20). The first-order valence-corrected chi connectivity index (χ1v) is 7.62. The first kappa shape index (κ1) is 15.7. The summed E-state index contributed by atoms with van der Waals surface area (Å²) in [6, 6.07) is 8.26. The molecule has 4 nitrogen and oxygen atoms in total. The van der Waals surface area contributed by atoms with Gasteiger partial charge in [-0.3, -0.25) is 4.79 Å². The monoisotopic (exact) mass is 291 g/mol. The van der Waals surface area contributed by atoms with Gasteiger partial charge in [0, 0.05) is 6.04 Å². The van der Waals surface area contributed by atoms with Gasteiger partial charge in [0.1, 0.15) is 11.4 Å². The van der Waals surface area contributed by atoms with Crippen LogP contribution in [0.1, 0.15) is 46.5 Å². The van der Waals surface area contributed by atoms with Crippen LogP contribution in [-0.4, -0.2) is 22.7 Å². The van der Waals surface area contributed by atoms with Crippen molar-refractivity contribution in [2.75, 3.05) is 5.32 Å². The molecule has 0 amide bonds. The molecule has 4 heteroatoms. The molecule has 1 aliphatic rings. The average Bonchev–Trinajstić information content (AvgIpc) is 2.40. The van der Waals surface area contributed by atoms with Crippen LogP contribution in [0.25, 0.3) is 0 Å². The number of ether oxygens (including phenoxy) is 1. The number of hydrogen-bond acceptors (Lipinski definition) is 3. The van der Waals surface area contributed by atoms with Gasteiger partial charge in [0.15, 0.2) is 0 Å². The fraction of sp³-hybridized carbons (Fsp3) is 0.588. The Labute approximate surface area is 126 Å². The highest BCUT2D eigenvalue weighted by Crippen LogP contribution is 2.32. The van der Waals surface area contributed by atoms with Gasteiger partial charge in [-0.25, -0.2) is 0 Å². The van der Waals surface area contributed by atoms with Crippen LogP contribution in [0.4, 0.5) is 5.69 Å². The Kier molecular flexibility index (Phi) is 4.76. The van der Waals surface area contributed by atoms with Crippen LogP contribution in [-0.2, 0) is 4.79 Å². The molecule has 0 unspecified atom stereocenters. The molecule has 0 spiro atoms. The number of carbonyl (C=O) groups is 1. The fourth-order valence-electron chi connectivity index (χ4n) is 2.71. The lowest BCUT2D eigenvalue weighted by Gasteiger charge is -2.29. The number of anilines is 1. The lowest BCUT2D eigenvalue weighted by Crippen LogP contribution is -2.30. The van der Waals surface area contributed by atoms with E-state index < -0.39 is 5.97 Å². The average molecular weight is 291 g/mol. The Bertz CT molecular complexity index is 485. The molecule has 0 aromatic heterocycles. The van der Waals surface area contributed by atoms with Gasteiger partial charge in [0.05, 0.1) is 11.6 Å². The van der Waals surface area contributed by atoms with Crippen LogP contribution in [0, 0.1) is 5.92 Å². The zero-order valence-electron chi connectivity index (χ0n) is 13.1. The second kappa shape index (κ2) is 6.37. The number of para-hydroxylation sites is 2. The van der Waals surface area contributed by atoms with E-state index in [0.29, 0.717) is 6.04 Å². The van der Waals surface area contributed by atoms with Crippen LogP contribution in [0.15, 0.2) is 24.3 Å². The van der Waals surface area contributed by atoms with E-state index in [9.17, 15) is 4.79 Å². The van der Waals surface area contributed by atoms with E-state index in [4.69, 9.17) is 9.84 Å². The minimum Gasteiger partial charge on any atom is -0.486 e. The first-order valence-electron chi connectivity index (χ1n) is 7.62. The summed E-state index contributed by atoms with van der Waals surface area (Å²) in [7, 11) is 0. The molecule has 1 saturated carbocycles. The van der Waals surface area contributed by atoms with Crippen LogP contribution >= 0.6 is 0 Å². The van der Waals surface area contributed by atoms with Crippen LogP contribution in [0.5, 0.6) is 5.75 Å². The Morgan fingerprint density at radius 1 is 1.19 bits per heavy atom. The van der Waals surface area contributed by atoms with Crippen molar-refractivity contribution in [2.45, 2.75) is 58.1 Å². The molecule has 0 radical (unpaired) electrons. The normalized spacial score (nSPS) is 22.6. The second-order valence-electron chi connectivity index (χ2n) is 6.74. The number of rotatable bonds is 4. The molecule has 0 heterocycles. The summed E-state index contributed by atoms with van der Waals surface area (Å²) < 4.78 is 5.98. The zero-order chi connectivity index (χ0) is 15.5. The maximum Gasteiger partial charge on any atom is 0.306 e. The summed E-state index contributed by atoms with van der Waals surface area (Å²) in [5, 5.41) is 12.6. The SMILES string of the molecule is CC(C)(C)Oc1ccccc1NC1CCC(C(=O)O)CC1. The molecular formula is C17H25NO3. The van der Waals surface area contributed by atoms with Crippen molar-refractivity contribution in [2.24, 2.45) is 5.92 Å². The third-order valence-corrected chi connectivity index (χ3v) is 3.74. The Morgan fingerprint density at radius 2 is 1.81 bits per heavy atom. The van der Waals surface area contributed by atoms with Gasteiger partial charge in [0.2, 0.25) is 0 Å². The summed E-state index contributed by atoms with van der Waals surface area (Å²) in [5.74, 6) is 0.0133. The van der Waals surface area contributed by atoms with E-state index in [1.54, 1.807) is 0 Å². The van der Waals surface area contributed by atoms with E-state index >= 15 is 0 Å². The van der Waals surface area contributed by atoms with Gasteiger partial charge in [-0.15, -0.1) is 0 Å². The van der Waals surface area contributed by atoms with Gasteiger partial charge in [0.25, 0.3) is 0 Å². The molecule has 0 atom stereocenters. The predicted molar refractivity (Wildman–Crippen MR) is 83.8 cm³/mol. The van der Waals surface area contributed by atoms with Gasteiger partial charge in [-0.2, -0.15) is 0 Å². The lowest BCUT2D eigenvalue weighted by atomic mass is 9.86. The van der Waals surface area contributed by atoms with Crippen LogP contribution < -0.4 is 10.1 Å². The molecule has 0 bridgehead atoms. The Hall–Kier alpha value is -1.71. The largest absolute Gasteiger partial charge is 0.486 e. The maximum atomic E-state index is 11.0. The van der Waals surface area contributed by atoms with E-state index in [-0.39, 0.29) is 11.5 Å². The predicted octanol–water partition coefficient (Wildman–Crippen LogP) is 3.92. The molecule has 21 heavy (non-hydrogen) atoms. The highest BCUT2D eigenvalue weighted by molar-refractivity contribution is 5.70. The van der Waals surface area contributed by atoms with E-state index in [1.807, 2.05) is 45.0 Å². The van der Waals surface area contributed by atoms with E-state index in [0.717, 1.165) is 37.1 Å². The van der Waals surface area contributed by atoms with Gasteiger partial charge >= 0.3 is 5.97 Å². The van der Waals surface area contributed by atoms with Crippen molar-refractivity contribution in [3.63, 3.8) is 0 Å². The summed E-state index contributed by atoms with van der Waals surface area (Å²) in [6.45, 7) is 6.09. The molecular weight excluding hydrogens is 266 g/mol. The molecule has 1 fully saturated rings. The highest BCUT2D eigenvalue weighted by Gasteiger charge is 2.26. The minimum atomic E-state index is -0.662. The quantitative estimate of drug-likeness (QED) is 0.882. The Morgan fingerprint density at radius 3 is 2.38 bits per heavy atom. The molecule has 1 aliphatic carbocycles. The maximum absolute atomic E-state index is 11.0. The topological polar surface area (TPSA) is 58.6 Å². The van der Waals surface area contributed by atoms with Crippen molar-refractivity contribution in [3.8, 4) is 5.75 Å². The third-order valence-electron chi connectivity index (χ3n) is 3.74. The van der Waals surface area contributed by atoms with E-state index in [1.165, 1.54) is 0 Å². The van der Waals surface area contributed by atoms with Crippen molar-refractivity contribution in [1.29, 1.82) is 0 Å². The summed E-state index contributed by atoms with van der Waals surface area (Å²) in [5.41, 5.74) is 0.755. The van der Waals surface area contributed by atoms with Crippen LogP contribution in [0.2, 0.25) is 0 Å². The molecule has 1 aromatic carbocycles. The number of benzene rings is 1. The third kappa shape index (κ3) is 4.66. The molecule has 116 valence electrons. The van der Waals surface area contributed by atoms with Gasteiger partial charge in [-0.05, 0) is 58.6 Å². The number of nitrogens with one attached hydrogen (secondary N) is 1. The van der Waals surface area contributed by atoms with Gasteiger partial charge in [-0.1, -0.05) is 12.1 Å². The van der Waals surface area contributed by atoms with Crippen molar-refractivity contribution >= 4 is 11.7 Å². The van der Waals surface area contributed by atoms with Crippen molar-refractivity contribution in [3.05, 3.63) is 24.3 Å². The first-order chi connectivity index (χ1) is 9.85. The van der Waals surface area contributed by atoms with Crippen LogP contribution in [0.3, 0.4) is 0 Å². The van der Waals surface area contributed by atoms with Crippen molar-refractivity contribution < 1.29 is 14.6 Å². The van der Waals surface area contributed by atoms with Crippen molar-refractivity contribution in [1.82, 2.24) is 0 Å². The van der Waals surface area contributed by atoms with E-state index in [2.05, 4.69) is 5.32 Å². The lowest BCUT2D eigenvalue weighted by molar-refractivity contribution is -0.142.